The van der Waals surface area contributed by atoms with E-state index in [2.05, 4.69) is 78.2 Å². The highest BCUT2D eigenvalue weighted by Crippen LogP contribution is 2.43. The second-order valence-corrected chi connectivity index (χ2v) is 9.01. The van der Waals surface area contributed by atoms with Gasteiger partial charge in [-0.3, -0.25) is 0 Å². The first-order valence-corrected chi connectivity index (χ1v) is 9.93. The summed E-state index contributed by atoms with van der Waals surface area (Å²) in [5, 5.41) is 3.58. The van der Waals surface area contributed by atoms with Crippen LogP contribution in [0.2, 0.25) is 0 Å². The molecule has 2 heterocycles. The Bertz CT molecular complexity index is 652. The first kappa shape index (κ1) is 16.0. The average Bonchev–Trinajstić information content (AvgIpc) is 3.02. The summed E-state index contributed by atoms with van der Waals surface area (Å²) in [4.78, 5) is 1.27. The Hall–Kier alpha value is 0.120. The smallest absolute Gasteiger partial charge is 0.127 e. The maximum atomic E-state index is 5.89. The van der Waals surface area contributed by atoms with Gasteiger partial charge in [0.1, 0.15) is 5.75 Å². The minimum atomic E-state index is 0.145. The first-order chi connectivity index (χ1) is 10.1. The number of halogens is 3. The van der Waals surface area contributed by atoms with Crippen LogP contribution >= 0.6 is 59.1 Å². The molecule has 1 atom stereocenters. The summed E-state index contributed by atoms with van der Waals surface area (Å²) in [5.41, 5.74) is 2.50. The topological polar surface area (TPSA) is 21.3 Å². The molecule has 0 saturated carbocycles. The van der Waals surface area contributed by atoms with Gasteiger partial charge in [0.25, 0.3) is 0 Å². The van der Waals surface area contributed by atoms with E-state index in [0.29, 0.717) is 0 Å². The lowest BCUT2D eigenvalue weighted by Gasteiger charge is -2.20. The molecule has 0 fully saturated rings. The van der Waals surface area contributed by atoms with Crippen LogP contribution in [-0.4, -0.2) is 13.2 Å². The van der Waals surface area contributed by atoms with Gasteiger partial charge in [-0.25, -0.2) is 0 Å². The van der Waals surface area contributed by atoms with Crippen molar-refractivity contribution in [2.24, 2.45) is 0 Å². The summed E-state index contributed by atoms with van der Waals surface area (Å²) < 4.78 is 9.22. The van der Waals surface area contributed by atoms with Gasteiger partial charge in [0.15, 0.2) is 0 Å². The largest absolute Gasteiger partial charge is 0.493 e. The number of hydrogen-bond donors (Lipinski definition) is 1. The predicted molar refractivity (Wildman–Crippen MR) is 98.6 cm³/mol. The molecule has 21 heavy (non-hydrogen) atoms. The SMILES string of the molecule is CCNC(c1cc(Br)c(Br)s1)c1cc(Br)cc2c1OCC2. The van der Waals surface area contributed by atoms with Crippen LogP contribution in [0.5, 0.6) is 5.75 Å². The number of rotatable bonds is 4. The second-order valence-electron chi connectivity index (χ2n) is 4.84. The molecule has 3 rings (SSSR count). The first-order valence-electron chi connectivity index (χ1n) is 6.73. The molecule has 0 bridgehead atoms. The minimum absolute atomic E-state index is 0.145. The normalized spacial score (nSPS) is 14.9. The Morgan fingerprint density at radius 1 is 1.29 bits per heavy atom. The van der Waals surface area contributed by atoms with Crippen LogP contribution < -0.4 is 10.1 Å². The zero-order valence-corrected chi connectivity index (χ0v) is 17.0. The molecule has 1 aromatic heterocycles. The van der Waals surface area contributed by atoms with Gasteiger partial charge in [-0.2, -0.15) is 0 Å². The highest BCUT2D eigenvalue weighted by Gasteiger charge is 2.25. The number of hydrogen-bond acceptors (Lipinski definition) is 3. The van der Waals surface area contributed by atoms with Gasteiger partial charge in [0.05, 0.1) is 16.4 Å². The van der Waals surface area contributed by atoms with Gasteiger partial charge >= 0.3 is 0 Å². The van der Waals surface area contributed by atoms with Crippen LogP contribution in [0.3, 0.4) is 0 Å². The van der Waals surface area contributed by atoms with Crippen molar-refractivity contribution in [2.75, 3.05) is 13.2 Å². The molecule has 2 aromatic rings. The molecular formula is C15H14Br3NOS. The van der Waals surface area contributed by atoms with Gasteiger partial charge in [0.2, 0.25) is 0 Å². The fourth-order valence-corrected chi connectivity index (χ4v) is 5.29. The van der Waals surface area contributed by atoms with Crippen LogP contribution in [0.4, 0.5) is 0 Å². The van der Waals surface area contributed by atoms with Crippen LogP contribution in [0, 0.1) is 0 Å². The lowest BCUT2D eigenvalue weighted by molar-refractivity contribution is 0.350. The van der Waals surface area contributed by atoms with Gasteiger partial charge < -0.3 is 10.1 Å². The maximum absolute atomic E-state index is 5.89. The lowest BCUT2D eigenvalue weighted by atomic mass is 10.0. The van der Waals surface area contributed by atoms with Crippen molar-refractivity contribution in [1.29, 1.82) is 0 Å². The fourth-order valence-electron chi connectivity index (χ4n) is 2.59. The molecule has 2 nitrogen and oxygen atoms in total. The van der Waals surface area contributed by atoms with Crippen LogP contribution in [0.15, 0.2) is 30.9 Å². The van der Waals surface area contributed by atoms with Crippen molar-refractivity contribution in [3.05, 3.63) is 46.9 Å². The Kier molecular flexibility index (Phi) is 5.11. The van der Waals surface area contributed by atoms with Crippen LogP contribution in [0.1, 0.15) is 29.0 Å². The summed E-state index contributed by atoms with van der Waals surface area (Å²) in [6.45, 7) is 3.80. The van der Waals surface area contributed by atoms with E-state index in [1.54, 1.807) is 11.3 Å². The van der Waals surface area contributed by atoms with Crippen molar-refractivity contribution in [1.82, 2.24) is 5.32 Å². The molecular weight excluding hydrogens is 482 g/mol. The van der Waals surface area contributed by atoms with E-state index in [0.717, 1.165) is 38.1 Å². The van der Waals surface area contributed by atoms with Gasteiger partial charge in [0, 0.05) is 25.8 Å². The van der Waals surface area contributed by atoms with E-state index in [1.165, 1.54) is 16.0 Å². The monoisotopic (exact) mass is 493 g/mol. The number of nitrogens with one attached hydrogen (secondary N) is 1. The van der Waals surface area contributed by atoms with E-state index in [1.807, 2.05) is 0 Å². The molecule has 1 aliphatic rings. The van der Waals surface area contributed by atoms with Gasteiger partial charge in [-0.15, -0.1) is 11.3 Å². The Morgan fingerprint density at radius 3 is 2.76 bits per heavy atom. The fraction of sp³-hybridized carbons (Fsp3) is 0.333. The van der Waals surface area contributed by atoms with Crippen molar-refractivity contribution in [3.8, 4) is 5.75 Å². The summed E-state index contributed by atoms with van der Waals surface area (Å²) in [6, 6.07) is 6.64. The molecule has 1 aliphatic heterocycles. The van der Waals surface area contributed by atoms with Crippen molar-refractivity contribution in [3.63, 3.8) is 0 Å². The molecule has 1 N–H and O–H groups in total. The average molecular weight is 496 g/mol. The molecule has 0 amide bonds. The van der Waals surface area contributed by atoms with E-state index < -0.39 is 0 Å². The third-order valence-electron chi connectivity index (χ3n) is 3.45. The quantitative estimate of drug-likeness (QED) is 0.590. The molecule has 112 valence electrons. The molecule has 0 saturated heterocycles. The summed E-state index contributed by atoms with van der Waals surface area (Å²) >= 11 is 12.5. The highest BCUT2D eigenvalue weighted by atomic mass is 79.9. The molecule has 0 radical (unpaired) electrons. The molecule has 1 unspecified atom stereocenters. The van der Waals surface area contributed by atoms with Gasteiger partial charge in [-0.1, -0.05) is 22.9 Å². The van der Waals surface area contributed by atoms with Gasteiger partial charge in [-0.05, 0) is 62.2 Å². The minimum Gasteiger partial charge on any atom is -0.493 e. The maximum Gasteiger partial charge on any atom is 0.127 e. The zero-order valence-electron chi connectivity index (χ0n) is 11.4. The van der Waals surface area contributed by atoms with E-state index >= 15 is 0 Å². The highest BCUT2D eigenvalue weighted by molar-refractivity contribution is 9.13. The molecule has 6 heteroatoms. The predicted octanol–water partition coefficient (Wildman–Crippen LogP) is 5.67. The van der Waals surface area contributed by atoms with E-state index in [9.17, 15) is 0 Å². The number of ether oxygens (including phenoxy) is 1. The van der Waals surface area contributed by atoms with E-state index in [-0.39, 0.29) is 6.04 Å². The van der Waals surface area contributed by atoms with Crippen molar-refractivity contribution in [2.45, 2.75) is 19.4 Å². The third kappa shape index (κ3) is 3.24. The summed E-state index contributed by atoms with van der Waals surface area (Å²) in [6.07, 6.45) is 0.985. The number of thiophene rings is 1. The van der Waals surface area contributed by atoms with Crippen molar-refractivity contribution < 1.29 is 4.74 Å². The van der Waals surface area contributed by atoms with Crippen LogP contribution in [0.25, 0.3) is 0 Å². The molecule has 1 aromatic carbocycles. The summed E-state index contributed by atoms with van der Waals surface area (Å²) in [7, 11) is 0. The summed E-state index contributed by atoms with van der Waals surface area (Å²) in [5.74, 6) is 1.05. The Morgan fingerprint density at radius 2 is 2.10 bits per heavy atom. The van der Waals surface area contributed by atoms with Crippen molar-refractivity contribution >= 4 is 59.1 Å². The second kappa shape index (κ2) is 6.71. The zero-order chi connectivity index (χ0) is 15.0. The lowest BCUT2D eigenvalue weighted by Crippen LogP contribution is -2.21. The third-order valence-corrected chi connectivity index (χ3v) is 7.22. The Balaban J connectivity index is 2.09. The Labute approximate surface area is 153 Å². The van der Waals surface area contributed by atoms with Crippen LogP contribution in [-0.2, 0) is 6.42 Å². The standard InChI is InChI=1S/C15H14Br3NOS/c1-2-19-13(12-7-11(17)15(18)21-12)10-6-9(16)5-8-3-4-20-14(8)10/h5-7,13,19H,2-4H2,1H3. The molecule has 0 spiro atoms. The molecule has 0 aliphatic carbocycles. The number of benzene rings is 1. The van der Waals surface area contributed by atoms with E-state index in [4.69, 9.17) is 4.74 Å². The number of fused-ring (bicyclic) bond motifs is 1.